The fourth-order valence-electron chi connectivity index (χ4n) is 2.86. The zero-order valence-corrected chi connectivity index (χ0v) is 15.3. The third kappa shape index (κ3) is 3.68. The highest BCUT2D eigenvalue weighted by molar-refractivity contribution is 5.65. The zero-order chi connectivity index (χ0) is 20.5. The number of nitrogen functional groups attached to an aromatic ring is 1. The number of carbonyl (C=O) groups is 1. The monoisotopic (exact) mass is 395 g/mol. The summed E-state index contributed by atoms with van der Waals surface area (Å²) in [5, 5.41) is 13.7. The Balaban J connectivity index is 1.68. The SMILES string of the molecule is CC(C)(OC(=O)OCC1(C#N)CCC(c2ccc3c(N)ncnn23)O1)C(F)F. The summed E-state index contributed by atoms with van der Waals surface area (Å²) >= 11 is 0. The molecule has 2 aromatic rings. The molecule has 2 atom stereocenters. The van der Waals surface area contributed by atoms with Crippen molar-refractivity contribution in [1.29, 1.82) is 5.26 Å². The predicted molar refractivity (Wildman–Crippen MR) is 91.3 cm³/mol. The molecular formula is C17H19F2N5O4. The first-order valence-electron chi connectivity index (χ1n) is 8.48. The van der Waals surface area contributed by atoms with Crippen molar-refractivity contribution >= 4 is 17.5 Å². The molecule has 1 saturated heterocycles. The van der Waals surface area contributed by atoms with Crippen LogP contribution in [0.25, 0.3) is 5.52 Å². The molecule has 1 aliphatic heterocycles. The molecule has 3 rings (SSSR count). The average Bonchev–Trinajstić information content (AvgIpc) is 3.25. The number of anilines is 1. The van der Waals surface area contributed by atoms with Gasteiger partial charge in [-0.25, -0.2) is 23.1 Å². The van der Waals surface area contributed by atoms with Gasteiger partial charge in [0.2, 0.25) is 0 Å². The smallest absolute Gasteiger partial charge is 0.430 e. The zero-order valence-electron chi connectivity index (χ0n) is 15.3. The second-order valence-corrected chi connectivity index (χ2v) is 7.00. The highest BCUT2D eigenvalue weighted by atomic mass is 19.3. The summed E-state index contributed by atoms with van der Waals surface area (Å²) in [7, 11) is 0. The Labute approximate surface area is 159 Å². The topological polar surface area (TPSA) is 125 Å². The fourth-order valence-corrected chi connectivity index (χ4v) is 2.86. The van der Waals surface area contributed by atoms with Crippen molar-refractivity contribution in [1.82, 2.24) is 14.6 Å². The van der Waals surface area contributed by atoms with Gasteiger partial charge in [0.05, 0.1) is 5.69 Å². The second kappa shape index (κ2) is 7.20. The summed E-state index contributed by atoms with van der Waals surface area (Å²) in [4.78, 5) is 15.6. The molecular weight excluding hydrogens is 376 g/mol. The molecule has 11 heteroatoms. The van der Waals surface area contributed by atoms with Crippen LogP contribution in [0.15, 0.2) is 18.5 Å². The largest absolute Gasteiger partial charge is 0.509 e. The Morgan fingerprint density at radius 1 is 1.57 bits per heavy atom. The van der Waals surface area contributed by atoms with Gasteiger partial charge < -0.3 is 19.9 Å². The molecule has 0 radical (unpaired) electrons. The molecule has 1 aliphatic rings. The van der Waals surface area contributed by atoms with Crippen LogP contribution in [0, 0.1) is 11.3 Å². The normalized spacial score (nSPS) is 22.4. The lowest BCUT2D eigenvalue weighted by Gasteiger charge is -2.25. The lowest BCUT2D eigenvalue weighted by Crippen LogP contribution is -2.38. The molecule has 28 heavy (non-hydrogen) atoms. The Kier molecular flexibility index (Phi) is 5.08. The molecule has 9 nitrogen and oxygen atoms in total. The molecule has 0 amide bonds. The van der Waals surface area contributed by atoms with Gasteiger partial charge in [0.15, 0.2) is 17.0 Å². The fraction of sp³-hybridized carbons (Fsp3) is 0.529. The molecule has 150 valence electrons. The van der Waals surface area contributed by atoms with Crippen LogP contribution in [-0.2, 0) is 14.2 Å². The summed E-state index contributed by atoms with van der Waals surface area (Å²) in [6.45, 7) is 1.68. The van der Waals surface area contributed by atoms with Gasteiger partial charge in [0.25, 0.3) is 6.43 Å². The lowest BCUT2D eigenvalue weighted by atomic mass is 10.0. The van der Waals surface area contributed by atoms with E-state index in [2.05, 4.69) is 14.8 Å². The predicted octanol–water partition coefficient (Wildman–Crippen LogP) is 2.62. The molecule has 1 fully saturated rings. The number of nitrogens with zero attached hydrogens (tertiary/aromatic N) is 4. The number of aromatic nitrogens is 3. The minimum atomic E-state index is -2.88. The molecule has 0 bridgehead atoms. The van der Waals surface area contributed by atoms with Crippen molar-refractivity contribution in [2.75, 3.05) is 12.3 Å². The molecule has 2 unspecified atom stereocenters. The first-order valence-corrected chi connectivity index (χ1v) is 8.48. The minimum absolute atomic E-state index is 0.271. The summed E-state index contributed by atoms with van der Waals surface area (Å²) in [5.41, 5.74) is 3.67. The third-order valence-electron chi connectivity index (χ3n) is 4.52. The van der Waals surface area contributed by atoms with Crippen LogP contribution in [0.1, 0.15) is 38.5 Å². The van der Waals surface area contributed by atoms with Gasteiger partial charge >= 0.3 is 6.16 Å². The van der Waals surface area contributed by atoms with Crippen molar-refractivity contribution in [3.63, 3.8) is 0 Å². The summed E-state index contributed by atoms with van der Waals surface area (Å²) < 4.78 is 42.5. The number of hydrogen-bond acceptors (Lipinski definition) is 8. The quantitative estimate of drug-likeness (QED) is 0.766. The number of rotatable bonds is 5. The first kappa shape index (κ1) is 19.8. The van der Waals surface area contributed by atoms with Gasteiger partial charge in [-0.05, 0) is 38.8 Å². The van der Waals surface area contributed by atoms with Crippen molar-refractivity contribution in [2.24, 2.45) is 0 Å². The second-order valence-electron chi connectivity index (χ2n) is 7.00. The molecule has 0 saturated carbocycles. The first-order chi connectivity index (χ1) is 13.2. The number of alkyl halides is 2. The van der Waals surface area contributed by atoms with E-state index in [0.29, 0.717) is 23.4 Å². The minimum Gasteiger partial charge on any atom is -0.430 e. The molecule has 0 aliphatic carbocycles. The van der Waals surface area contributed by atoms with Crippen molar-refractivity contribution < 1.29 is 27.8 Å². The molecule has 2 N–H and O–H groups in total. The standard InChI is InChI=1S/C17H19F2N5O4/c1-16(2,14(18)19)28-15(25)26-8-17(7-20)6-5-12(27-17)10-3-4-11-13(21)22-9-23-24(10)11/h3-4,9,12,14H,5-6,8H2,1-2H3,(H2,21,22,23). The van der Waals surface area contributed by atoms with E-state index in [9.17, 15) is 18.8 Å². The average molecular weight is 395 g/mol. The number of carbonyl (C=O) groups excluding carboxylic acids is 1. The maximum Gasteiger partial charge on any atom is 0.509 e. The van der Waals surface area contributed by atoms with Gasteiger partial charge in [-0.1, -0.05) is 0 Å². The maximum atomic E-state index is 12.8. The van der Waals surface area contributed by atoms with Gasteiger partial charge in [0.1, 0.15) is 30.6 Å². The molecule has 3 heterocycles. The van der Waals surface area contributed by atoms with Gasteiger partial charge in [-0.2, -0.15) is 10.4 Å². The van der Waals surface area contributed by atoms with Crippen molar-refractivity contribution in [2.45, 2.75) is 50.4 Å². The van der Waals surface area contributed by atoms with E-state index in [0.717, 1.165) is 13.8 Å². The van der Waals surface area contributed by atoms with Crippen LogP contribution in [0.2, 0.25) is 0 Å². The lowest BCUT2D eigenvalue weighted by molar-refractivity contribution is -0.111. The van der Waals surface area contributed by atoms with E-state index < -0.39 is 36.5 Å². The van der Waals surface area contributed by atoms with Crippen LogP contribution in [0.3, 0.4) is 0 Å². The van der Waals surface area contributed by atoms with Crippen LogP contribution < -0.4 is 5.73 Å². The number of nitrogens with two attached hydrogens (primary N) is 1. The number of fused-ring (bicyclic) bond motifs is 1. The summed E-state index contributed by atoms with van der Waals surface area (Å²) in [6, 6.07) is 5.50. The van der Waals surface area contributed by atoms with Crippen molar-refractivity contribution in [3.8, 4) is 6.07 Å². The van der Waals surface area contributed by atoms with E-state index in [1.54, 1.807) is 16.6 Å². The highest BCUT2D eigenvalue weighted by Crippen LogP contribution is 2.40. The van der Waals surface area contributed by atoms with Crippen LogP contribution >= 0.6 is 0 Å². The summed E-state index contributed by atoms with van der Waals surface area (Å²) in [6.07, 6.45) is -2.62. The van der Waals surface area contributed by atoms with Crippen LogP contribution in [0.4, 0.5) is 19.4 Å². The van der Waals surface area contributed by atoms with Gasteiger partial charge in [0, 0.05) is 0 Å². The number of nitriles is 1. The summed E-state index contributed by atoms with van der Waals surface area (Å²) in [5.74, 6) is 0.304. The Morgan fingerprint density at radius 2 is 2.32 bits per heavy atom. The van der Waals surface area contributed by atoms with Crippen molar-refractivity contribution in [3.05, 3.63) is 24.2 Å². The van der Waals surface area contributed by atoms with Gasteiger partial charge in [-0.15, -0.1) is 0 Å². The van der Waals surface area contributed by atoms with E-state index in [1.807, 2.05) is 6.07 Å². The van der Waals surface area contributed by atoms with E-state index in [4.69, 9.17) is 15.2 Å². The Morgan fingerprint density at radius 3 is 3.00 bits per heavy atom. The van der Waals surface area contributed by atoms with E-state index in [-0.39, 0.29) is 6.42 Å². The van der Waals surface area contributed by atoms with Crippen LogP contribution in [-0.4, -0.2) is 45.0 Å². The van der Waals surface area contributed by atoms with Gasteiger partial charge in [-0.3, -0.25) is 0 Å². The molecule has 0 aromatic carbocycles. The number of ether oxygens (including phenoxy) is 3. The number of hydrogen-bond donors (Lipinski definition) is 1. The van der Waals surface area contributed by atoms with E-state index in [1.165, 1.54) is 6.33 Å². The Bertz CT molecular complexity index is 926. The van der Waals surface area contributed by atoms with Crippen LogP contribution in [0.5, 0.6) is 0 Å². The maximum absolute atomic E-state index is 12.8. The van der Waals surface area contributed by atoms with E-state index >= 15 is 0 Å². The number of halogens is 2. The molecule has 2 aromatic heterocycles. The molecule has 0 spiro atoms. The third-order valence-corrected chi connectivity index (χ3v) is 4.52. The Hall–Kier alpha value is -3.00. The highest BCUT2D eigenvalue weighted by Gasteiger charge is 2.44.